The standard InChI is InChI=1S/C29H32N4O3S2/c1-5-26(28(34)30-25-14-10-9-13-24(25)20(2)3)37-29-32-31-27(33(29)22-11-7-6-8-12-22)19-38(35,36)23-17-15-21(4)16-18-23/h6-18,20,26H,5,19H2,1-4H3,(H,30,34). The number of nitrogens with one attached hydrogen (secondary N) is 1. The molecule has 1 amide bonds. The lowest BCUT2D eigenvalue weighted by molar-refractivity contribution is -0.115. The number of carbonyl (C=O) groups excluding carboxylic acids is 1. The monoisotopic (exact) mass is 548 g/mol. The lowest BCUT2D eigenvalue weighted by atomic mass is 10.0. The van der Waals surface area contributed by atoms with Gasteiger partial charge < -0.3 is 5.32 Å². The average Bonchev–Trinajstić information content (AvgIpc) is 3.29. The van der Waals surface area contributed by atoms with Crippen LogP contribution >= 0.6 is 11.8 Å². The first-order valence-corrected chi connectivity index (χ1v) is 15.1. The Morgan fingerprint density at radius 2 is 1.61 bits per heavy atom. The summed E-state index contributed by atoms with van der Waals surface area (Å²) in [6.07, 6.45) is 0.555. The van der Waals surface area contributed by atoms with E-state index in [-0.39, 0.29) is 22.5 Å². The highest BCUT2D eigenvalue weighted by atomic mass is 32.2. The lowest BCUT2D eigenvalue weighted by Crippen LogP contribution is -2.25. The zero-order valence-corrected chi connectivity index (χ0v) is 23.6. The van der Waals surface area contributed by atoms with E-state index in [2.05, 4.69) is 29.4 Å². The third-order valence-corrected chi connectivity index (χ3v) is 9.10. The number of benzene rings is 3. The van der Waals surface area contributed by atoms with Gasteiger partial charge in [0.15, 0.2) is 20.8 Å². The molecule has 0 aliphatic rings. The summed E-state index contributed by atoms with van der Waals surface area (Å²) < 4.78 is 28.2. The van der Waals surface area contributed by atoms with E-state index in [1.165, 1.54) is 11.8 Å². The molecular weight excluding hydrogens is 516 g/mol. The van der Waals surface area contributed by atoms with E-state index in [1.807, 2.05) is 68.4 Å². The van der Waals surface area contributed by atoms with Gasteiger partial charge in [0, 0.05) is 11.4 Å². The number of hydrogen-bond donors (Lipinski definition) is 1. The molecule has 0 bridgehead atoms. The van der Waals surface area contributed by atoms with Crippen molar-refractivity contribution in [2.75, 3.05) is 5.32 Å². The zero-order valence-electron chi connectivity index (χ0n) is 22.0. The maximum atomic E-state index is 13.3. The predicted octanol–water partition coefficient (Wildman–Crippen LogP) is 6.18. The van der Waals surface area contributed by atoms with Crippen LogP contribution in [0.25, 0.3) is 5.69 Å². The Kier molecular flexibility index (Phi) is 8.69. The molecule has 1 aromatic heterocycles. The molecule has 0 aliphatic heterocycles. The molecule has 7 nitrogen and oxygen atoms in total. The Morgan fingerprint density at radius 3 is 2.26 bits per heavy atom. The van der Waals surface area contributed by atoms with Crippen molar-refractivity contribution in [1.82, 2.24) is 14.8 Å². The Balaban J connectivity index is 1.64. The number of amides is 1. The van der Waals surface area contributed by atoms with Crippen molar-refractivity contribution in [3.05, 3.63) is 95.8 Å². The summed E-state index contributed by atoms with van der Waals surface area (Å²) in [4.78, 5) is 13.6. The van der Waals surface area contributed by atoms with Gasteiger partial charge in [0.05, 0.1) is 10.1 Å². The van der Waals surface area contributed by atoms with Gasteiger partial charge in [-0.2, -0.15) is 0 Å². The van der Waals surface area contributed by atoms with E-state index in [9.17, 15) is 13.2 Å². The maximum absolute atomic E-state index is 13.3. The number of rotatable bonds is 10. The largest absolute Gasteiger partial charge is 0.325 e. The minimum atomic E-state index is -3.66. The number of anilines is 1. The van der Waals surface area contributed by atoms with Crippen LogP contribution in [0, 0.1) is 6.92 Å². The van der Waals surface area contributed by atoms with Crippen molar-refractivity contribution in [3.8, 4) is 5.69 Å². The minimum absolute atomic E-state index is 0.137. The van der Waals surface area contributed by atoms with Crippen LogP contribution < -0.4 is 5.32 Å². The summed E-state index contributed by atoms with van der Waals surface area (Å²) in [5.74, 6) is 0.101. The van der Waals surface area contributed by atoms with Crippen LogP contribution in [0.1, 0.15) is 50.1 Å². The van der Waals surface area contributed by atoms with E-state index < -0.39 is 15.1 Å². The van der Waals surface area contributed by atoms with Gasteiger partial charge in [-0.3, -0.25) is 9.36 Å². The van der Waals surface area contributed by atoms with Crippen molar-refractivity contribution >= 4 is 33.2 Å². The van der Waals surface area contributed by atoms with Crippen LogP contribution in [-0.4, -0.2) is 34.3 Å². The summed E-state index contributed by atoms with van der Waals surface area (Å²) in [6.45, 7) is 8.03. The van der Waals surface area contributed by atoms with Crippen molar-refractivity contribution < 1.29 is 13.2 Å². The molecular formula is C29H32N4O3S2. The van der Waals surface area contributed by atoms with Crippen LogP contribution in [0.4, 0.5) is 5.69 Å². The number of aromatic nitrogens is 3. The molecule has 4 aromatic rings. The molecule has 0 radical (unpaired) electrons. The van der Waals surface area contributed by atoms with E-state index in [4.69, 9.17) is 0 Å². The zero-order chi connectivity index (χ0) is 27.3. The molecule has 198 valence electrons. The van der Waals surface area contributed by atoms with Crippen LogP contribution in [-0.2, 0) is 20.4 Å². The topological polar surface area (TPSA) is 93.9 Å². The number of nitrogens with zero attached hydrogens (tertiary/aromatic N) is 3. The predicted molar refractivity (Wildman–Crippen MR) is 153 cm³/mol. The SMILES string of the molecule is CCC(Sc1nnc(CS(=O)(=O)c2ccc(C)cc2)n1-c1ccccc1)C(=O)Nc1ccccc1C(C)C. The van der Waals surface area contributed by atoms with Crippen LogP contribution in [0.15, 0.2) is 88.9 Å². The Morgan fingerprint density at radius 1 is 0.947 bits per heavy atom. The van der Waals surface area contributed by atoms with Crippen molar-refractivity contribution in [3.63, 3.8) is 0 Å². The van der Waals surface area contributed by atoms with E-state index in [0.717, 1.165) is 22.5 Å². The minimum Gasteiger partial charge on any atom is -0.325 e. The molecule has 1 unspecified atom stereocenters. The second-order valence-corrected chi connectivity index (χ2v) is 12.5. The first kappa shape index (κ1) is 27.6. The van der Waals surface area contributed by atoms with Gasteiger partial charge in [0.2, 0.25) is 5.91 Å². The maximum Gasteiger partial charge on any atom is 0.237 e. The molecule has 1 N–H and O–H groups in total. The molecule has 1 heterocycles. The molecule has 9 heteroatoms. The quantitative estimate of drug-likeness (QED) is 0.238. The summed E-state index contributed by atoms with van der Waals surface area (Å²) in [5.41, 5.74) is 3.57. The van der Waals surface area contributed by atoms with Gasteiger partial charge in [-0.1, -0.05) is 86.6 Å². The number of carbonyl (C=O) groups is 1. The molecule has 0 saturated carbocycles. The van der Waals surface area contributed by atoms with Gasteiger partial charge in [-0.15, -0.1) is 10.2 Å². The summed E-state index contributed by atoms with van der Waals surface area (Å²) in [5, 5.41) is 11.7. The Labute approximate surface area is 228 Å². The first-order valence-electron chi connectivity index (χ1n) is 12.5. The number of hydrogen-bond acceptors (Lipinski definition) is 6. The molecule has 38 heavy (non-hydrogen) atoms. The van der Waals surface area contributed by atoms with Gasteiger partial charge in [0.1, 0.15) is 5.75 Å². The molecule has 4 rings (SSSR count). The highest BCUT2D eigenvalue weighted by Crippen LogP contribution is 2.31. The summed E-state index contributed by atoms with van der Waals surface area (Å²) >= 11 is 1.28. The van der Waals surface area contributed by atoms with Crippen molar-refractivity contribution in [2.24, 2.45) is 0 Å². The highest BCUT2D eigenvalue weighted by molar-refractivity contribution is 8.00. The van der Waals surface area contributed by atoms with Crippen LogP contribution in [0.5, 0.6) is 0 Å². The third-order valence-electron chi connectivity index (χ3n) is 6.17. The normalized spacial score (nSPS) is 12.4. The smallest absolute Gasteiger partial charge is 0.237 e. The van der Waals surface area contributed by atoms with Crippen LogP contribution in [0.3, 0.4) is 0 Å². The average molecular weight is 549 g/mol. The molecule has 0 aliphatic carbocycles. The molecule has 1 atom stereocenters. The van der Waals surface area contributed by atoms with E-state index in [0.29, 0.717) is 17.4 Å². The van der Waals surface area contributed by atoms with Crippen molar-refractivity contribution in [2.45, 2.75) is 61.1 Å². The Bertz CT molecular complexity index is 1500. The number of sulfone groups is 1. The second-order valence-electron chi connectivity index (χ2n) is 9.39. The molecule has 0 saturated heterocycles. The summed E-state index contributed by atoms with van der Waals surface area (Å²) in [6, 6.07) is 23.9. The van der Waals surface area contributed by atoms with Gasteiger partial charge in [0.25, 0.3) is 0 Å². The lowest BCUT2D eigenvalue weighted by Gasteiger charge is -2.18. The fourth-order valence-corrected chi connectivity index (χ4v) is 6.32. The van der Waals surface area contributed by atoms with E-state index >= 15 is 0 Å². The number of para-hydroxylation sites is 2. The molecule has 0 fully saturated rings. The number of thioether (sulfide) groups is 1. The second kappa shape index (κ2) is 12.0. The Hall–Kier alpha value is -3.43. The fraction of sp³-hybridized carbons (Fsp3) is 0.276. The third kappa shape index (κ3) is 6.34. The van der Waals surface area contributed by atoms with Gasteiger partial charge in [-0.05, 0) is 55.2 Å². The highest BCUT2D eigenvalue weighted by Gasteiger charge is 2.26. The van der Waals surface area contributed by atoms with E-state index in [1.54, 1.807) is 28.8 Å². The molecule has 0 spiro atoms. The fourth-order valence-electron chi connectivity index (χ4n) is 4.08. The summed E-state index contributed by atoms with van der Waals surface area (Å²) in [7, 11) is -3.66. The first-order chi connectivity index (χ1) is 18.2. The number of aryl methyl sites for hydroxylation is 1. The van der Waals surface area contributed by atoms with Gasteiger partial charge >= 0.3 is 0 Å². The van der Waals surface area contributed by atoms with Crippen LogP contribution in [0.2, 0.25) is 0 Å². The van der Waals surface area contributed by atoms with Crippen molar-refractivity contribution in [1.29, 1.82) is 0 Å². The van der Waals surface area contributed by atoms with Gasteiger partial charge in [-0.25, -0.2) is 8.42 Å². The molecule has 3 aromatic carbocycles.